The summed E-state index contributed by atoms with van der Waals surface area (Å²) in [5.41, 5.74) is 2.45. The van der Waals surface area contributed by atoms with E-state index in [1.807, 2.05) is 60.7 Å². The number of amides is 1. The Morgan fingerprint density at radius 1 is 1.10 bits per heavy atom. The summed E-state index contributed by atoms with van der Waals surface area (Å²) < 4.78 is 0.816. The highest BCUT2D eigenvalue weighted by Gasteiger charge is 2.42. The summed E-state index contributed by atoms with van der Waals surface area (Å²) >= 11 is 3.45. The van der Waals surface area contributed by atoms with Crippen LogP contribution in [0.2, 0.25) is 0 Å². The third kappa shape index (κ3) is 4.49. The number of allylic oxidation sites excluding steroid dienone is 1. The van der Waals surface area contributed by atoms with Crippen LogP contribution in [0, 0.1) is 0 Å². The zero-order valence-corrected chi connectivity index (χ0v) is 18.1. The lowest BCUT2D eigenvalue weighted by Crippen LogP contribution is -2.30. The molecule has 154 valence electrons. The molecule has 0 saturated heterocycles. The van der Waals surface area contributed by atoms with Gasteiger partial charge in [-0.1, -0.05) is 70.5 Å². The maximum Gasteiger partial charge on any atom is 0.290 e. The van der Waals surface area contributed by atoms with Gasteiger partial charge in [0, 0.05) is 23.4 Å². The van der Waals surface area contributed by atoms with Crippen molar-refractivity contribution in [2.24, 2.45) is 0 Å². The molecule has 1 aliphatic rings. The fraction of sp³-hybridized carbons (Fsp3) is 0.0800. The standard InChI is InChI=1S/C25H19BrN2O3/c26-20-10-4-9-19(14-20)23-22(21(29)12-11-17-6-2-1-3-7-17)24(30)25(31)28(23)16-18-8-5-13-27-15-18/h1-15,23,30H,16H2/b12-11+. The summed E-state index contributed by atoms with van der Waals surface area (Å²) in [6.07, 6.45) is 6.39. The minimum absolute atomic E-state index is 0.0687. The first-order valence-electron chi connectivity index (χ1n) is 9.70. The molecule has 1 N–H and O–H groups in total. The molecule has 2 aromatic carbocycles. The predicted octanol–water partition coefficient (Wildman–Crippen LogP) is 5.02. The monoisotopic (exact) mass is 474 g/mol. The predicted molar refractivity (Wildman–Crippen MR) is 122 cm³/mol. The van der Waals surface area contributed by atoms with E-state index in [9.17, 15) is 14.7 Å². The van der Waals surface area contributed by atoms with Crippen molar-refractivity contribution in [2.45, 2.75) is 12.6 Å². The quantitative estimate of drug-likeness (QED) is 0.509. The molecule has 1 atom stereocenters. The molecule has 4 rings (SSSR count). The lowest BCUT2D eigenvalue weighted by Gasteiger charge is -2.26. The number of rotatable bonds is 6. The zero-order valence-electron chi connectivity index (χ0n) is 16.5. The van der Waals surface area contributed by atoms with E-state index in [4.69, 9.17) is 0 Å². The Balaban J connectivity index is 1.73. The Kier molecular flexibility index (Phi) is 6.09. The van der Waals surface area contributed by atoms with Crippen molar-refractivity contribution in [2.75, 3.05) is 0 Å². The molecule has 3 aromatic rings. The number of aliphatic hydroxyl groups is 1. The number of carbonyl (C=O) groups is 2. The highest BCUT2D eigenvalue weighted by atomic mass is 79.9. The molecule has 0 fully saturated rings. The van der Waals surface area contributed by atoms with Gasteiger partial charge in [0.1, 0.15) is 0 Å². The van der Waals surface area contributed by atoms with Crippen LogP contribution in [0.4, 0.5) is 0 Å². The van der Waals surface area contributed by atoms with Crippen LogP contribution in [0.25, 0.3) is 6.08 Å². The van der Waals surface area contributed by atoms with Crippen molar-refractivity contribution in [1.82, 2.24) is 9.88 Å². The van der Waals surface area contributed by atoms with E-state index in [0.29, 0.717) is 0 Å². The van der Waals surface area contributed by atoms with Crippen LogP contribution in [0.1, 0.15) is 22.7 Å². The third-order valence-corrected chi connectivity index (χ3v) is 5.53. The molecule has 2 heterocycles. The summed E-state index contributed by atoms with van der Waals surface area (Å²) in [6.45, 7) is 0.215. The molecule has 1 aliphatic heterocycles. The largest absolute Gasteiger partial charge is 0.503 e. The molecule has 31 heavy (non-hydrogen) atoms. The molecule has 0 saturated carbocycles. The molecule has 6 heteroatoms. The van der Waals surface area contributed by atoms with Gasteiger partial charge in [-0.2, -0.15) is 0 Å². The first-order valence-corrected chi connectivity index (χ1v) is 10.5. The number of aromatic nitrogens is 1. The minimum Gasteiger partial charge on any atom is -0.503 e. The molecule has 0 aliphatic carbocycles. The van der Waals surface area contributed by atoms with Gasteiger partial charge in [0.05, 0.1) is 11.6 Å². The smallest absolute Gasteiger partial charge is 0.290 e. The molecule has 0 spiro atoms. The lowest BCUT2D eigenvalue weighted by molar-refractivity contribution is -0.130. The molecular formula is C25H19BrN2O3. The molecule has 0 bridgehead atoms. The number of ketones is 1. The molecule has 0 radical (unpaired) electrons. The Labute approximate surface area is 188 Å². The molecule has 1 unspecified atom stereocenters. The van der Waals surface area contributed by atoms with E-state index < -0.39 is 23.5 Å². The van der Waals surface area contributed by atoms with Gasteiger partial charge in [0.15, 0.2) is 11.5 Å². The van der Waals surface area contributed by atoms with Gasteiger partial charge in [0.25, 0.3) is 5.91 Å². The van der Waals surface area contributed by atoms with Crippen molar-refractivity contribution in [3.05, 3.63) is 118 Å². The minimum atomic E-state index is -0.710. The number of aliphatic hydroxyl groups excluding tert-OH is 1. The van der Waals surface area contributed by atoms with Crippen LogP contribution in [-0.4, -0.2) is 26.7 Å². The Bertz CT molecular complexity index is 1170. The average molecular weight is 475 g/mol. The molecule has 5 nitrogen and oxygen atoms in total. The number of nitrogens with zero attached hydrogens (tertiary/aromatic N) is 2. The van der Waals surface area contributed by atoms with Gasteiger partial charge in [-0.15, -0.1) is 0 Å². The maximum atomic E-state index is 13.1. The number of benzene rings is 2. The zero-order chi connectivity index (χ0) is 21.8. The Morgan fingerprint density at radius 3 is 2.61 bits per heavy atom. The van der Waals surface area contributed by atoms with Gasteiger partial charge < -0.3 is 10.0 Å². The van der Waals surface area contributed by atoms with Crippen molar-refractivity contribution >= 4 is 33.7 Å². The second-order valence-electron chi connectivity index (χ2n) is 7.12. The second-order valence-corrected chi connectivity index (χ2v) is 8.04. The first-order chi connectivity index (χ1) is 15.0. The van der Waals surface area contributed by atoms with E-state index >= 15 is 0 Å². The van der Waals surface area contributed by atoms with E-state index in [0.717, 1.165) is 21.2 Å². The molecule has 1 amide bonds. The first kappa shape index (κ1) is 20.8. The molecular weight excluding hydrogens is 456 g/mol. The summed E-state index contributed by atoms with van der Waals surface area (Å²) in [7, 11) is 0. The average Bonchev–Trinajstić information content (AvgIpc) is 3.04. The summed E-state index contributed by atoms with van der Waals surface area (Å²) in [5.74, 6) is -1.50. The topological polar surface area (TPSA) is 70.5 Å². The second kappa shape index (κ2) is 9.10. The summed E-state index contributed by atoms with van der Waals surface area (Å²) in [6, 6.07) is 19.7. The number of pyridine rings is 1. The third-order valence-electron chi connectivity index (χ3n) is 5.04. The fourth-order valence-electron chi connectivity index (χ4n) is 3.61. The Hall–Kier alpha value is -3.51. The van der Waals surface area contributed by atoms with Gasteiger partial charge in [-0.3, -0.25) is 14.6 Å². The molecule has 1 aromatic heterocycles. The van der Waals surface area contributed by atoms with Crippen molar-refractivity contribution in [1.29, 1.82) is 0 Å². The van der Waals surface area contributed by atoms with E-state index in [-0.39, 0.29) is 12.1 Å². The normalized spacial score (nSPS) is 16.4. The van der Waals surface area contributed by atoms with Crippen molar-refractivity contribution in [3.63, 3.8) is 0 Å². The maximum absolute atomic E-state index is 13.1. The van der Waals surface area contributed by atoms with Crippen LogP contribution < -0.4 is 0 Å². The number of hydrogen-bond donors (Lipinski definition) is 1. The van der Waals surface area contributed by atoms with Crippen LogP contribution in [0.15, 0.2) is 101 Å². The van der Waals surface area contributed by atoms with Crippen LogP contribution >= 0.6 is 15.9 Å². The van der Waals surface area contributed by atoms with Crippen LogP contribution in [0.3, 0.4) is 0 Å². The van der Waals surface area contributed by atoms with Crippen molar-refractivity contribution < 1.29 is 14.7 Å². The van der Waals surface area contributed by atoms with Crippen LogP contribution in [0.5, 0.6) is 0 Å². The van der Waals surface area contributed by atoms with Gasteiger partial charge in [-0.05, 0) is 41.0 Å². The van der Waals surface area contributed by atoms with Crippen molar-refractivity contribution in [3.8, 4) is 0 Å². The van der Waals surface area contributed by atoms with E-state index in [1.165, 1.54) is 11.0 Å². The van der Waals surface area contributed by atoms with Gasteiger partial charge in [0.2, 0.25) is 0 Å². The van der Waals surface area contributed by atoms with Crippen LogP contribution in [-0.2, 0) is 16.1 Å². The lowest BCUT2D eigenvalue weighted by atomic mass is 9.95. The number of halogens is 1. The van der Waals surface area contributed by atoms with Gasteiger partial charge >= 0.3 is 0 Å². The summed E-state index contributed by atoms with van der Waals surface area (Å²) in [5, 5.41) is 10.7. The Morgan fingerprint density at radius 2 is 1.90 bits per heavy atom. The van der Waals surface area contributed by atoms with Gasteiger partial charge in [-0.25, -0.2) is 0 Å². The highest BCUT2D eigenvalue weighted by Crippen LogP contribution is 2.39. The highest BCUT2D eigenvalue weighted by molar-refractivity contribution is 9.10. The van der Waals surface area contributed by atoms with E-state index in [1.54, 1.807) is 24.5 Å². The number of hydrogen-bond acceptors (Lipinski definition) is 4. The SMILES string of the molecule is O=C(/C=C/c1ccccc1)C1=C(O)C(=O)N(Cc2cccnc2)C1c1cccc(Br)c1. The number of carbonyl (C=O) groups excluding carboxylic acids is 2. The summed E-state index contributed by atoms with van der Waals surface area (Å²) in [4.78, 5) is 31.7. The fourth-order valence-corrected chi connectivity index (χ4v) is 4.02. The van der Waals surface area contributed by atoms with E-state index in [2.05, 4.69) is 20.9 Å².